The van der Waals surface area contributed by atoms with Crippen molar-refractivity contribution >= 4 is 11.8 Å². The highest BCUT2D eigenvalue weighted by Gasteiger charge is 2.17. The van der Waals surface area contributed by atoms with Crippen molar-refractivity contribution in [3.63, 3.8) is 0 Å². The van der Waals surface area contributed by atoms with Gasteiger partial charge in [0, 0.05) is 12.6 Å². The van der Waals surface area contributed by atoms with Crippen LogP contribution < -0.4 is 20.1 Å². The standard InChI is InChI=1S/C29H42N2O4/c1-4-6-8-14-20-34-26-18-12-10-16-24(26)28(32)30-22-23(3)31-29(33)25-17-11-13-19-27(25)35-21-15-9-7-5-2/h10-13,16-19,23H,4-9,14-15,20-22H2,1-3H3,(H,30,32)(H,31,33). The molecule has 6 heteroatoms. The summed E-state index contributed by atoms with van der Waals surface area (Å²) in [6.07, 6.45) is 8.89. The first kappa shape index (κ1) is 28.2. The van der Waals surface area contributed by atoms with E-state index in [0.717, 1.165) is 25.7 Å². The number of carbonyl (C=O) groups excluding carboxylic acids is 2. The quantitative estimate of drug-likeness (QED) is 0.265. The van der Waals surface area contributed by atoms with E-state index >= 15 is 0 Å². The van der Waals surface area contributed by atoms with Crippen LogP contribution in [0.1, 0.15) is 92.9 Å². The first-order valence-electron chi connectivity index (χ1n) is 13.1. The van der Waals surface area contributed by atoms with Gasteiger partial charge in [0.05, 0.1) is 24.3 Å². The Hall–Kier alpha value is -3.02. The second kappa shape index (κ2) is 16.6. The molecule has 0 fully saturated rings. The van der Waals surface area contributed by atoms with E-state index in [1.54, 1.807) is 12.1 Å². The lowest BCUT2D eigenvalue weighted by atomic mass is 10.1. The Morgan fingerprint density at radius 3 is 1.71 bits per heavy atom. The number of unbranched alkanes of at least 4 members (excludes halogenated alkanes) is 6. The predicted octanol–water partition coefficient (Wildman–Crippen LogP) is 6.15. The summed E-state index contributed by atoms with van der Waals surface area (Å²) in [7, 11) is 0. The molecule has 0 spiro atoms. The molecule has 0 heterocycles. The maximum absolute atomic E-state index is 12.8. The van der Waals surface area contributed by atoms with Gasteiger partial charge in [0.15, 0.2) is 0 Å². The monoisotopic (exact) mass is 482 g/mol. The van der Waals surface area contributed by atoms with Crippen molar-refractivity contribution in [3.05, 3.63) is 59.7 Å². The van der Waals surface area contributed by atoms with Gasteiger partial charge in [-0.15, -0.1) is 0 Å². The fourth-order valence-corrected chi connectivity index (χ4v) is 3.68. The van der Waals surface area contributed by atoms with Gasteiger partial charge in [0.1, 0.15) is 11.5 Å². The summed E-state index contributed by atoms with van der Waals surface area (Å²) in [5, 5.41) is 5.87. The molecule has 1 atom stereocenters. The molecule has 2 aromatic rings. The Balaban J connectivity index is 1.84. The number of ether oxygens (including phenoxy) is 2. The second-order valence-corrected chi connectivity index (χ2v) is 8.90. The Bertz CT molecular complexity index is 900. The van der Waals surface area contributed by atoms with E-state index < -0.39 is 0 Å². The molecule has 35 heavy (non-hydrogen) atoms. The first-order valence-corrected chi connectivity index (χ1v) is 13.1. The number of para-hydroxylation sites is 2. The van der Waals surface area contributed by atoms with E-state index in [-0.39, 0.29) is 17.9 Å². The minimum atomic E-state index is -0.258. The Labute approximate surface area is 210 Å². The first-order chi connectivity index (χ1) is 17.1. The smallest absolute Gasteiger partial charge is 0.255 e. The summed E-state index contributed by atoms with van der Waals surface area (Å²) in [5.41, 5.74) is 1.01. The van der Waals surface area contributed by atoms with Crippen LogP contribution in [-0.2, 0) is 0 Å². The van der Waals surface area contributed by atoms with E-state index in [1.165, 1.54) is 25.7 Å². The average molecular weight is 483 g/mol. The third kappa shape index (κ3) is 10.4. The van der Waals surface area contributed by atoms with Crippen LogP contribution in [0.2, 0.25) is 0 Å². The topological polar surface area (TPSA) is 76.7 Å². The van der Waals surface area contributed by atoms with Gasteiger partial charge in [0.2, 0.25) is 0 Å². The third-order valence-electron chi connectivity index (χ3n) is 5.72. The molecule has 0 radical (unpaired) electrons. The number of carbonyl (C=O) groups is 2. The molecule has 0 aliphatic heterocycles. The van der Waals surface area contributed by atoms with Gasteiger partial charge in [-0.05, 0) is 44.0 Å². The number of amides is 2. The second-order valence-electron chi connectivity index (χ2n) is 8.90. The number of rotatable bonds is 17. The van der Waals surface area contributed by atoms with E-state index in [1.807, 2.05) is 43.3 Å². The van der Waals surface area contributed by atoms with Crippen molar-refractivity contribution in [1.82, 2.24) is 10.6 Å². The molecule has 2 N–H and O–H groups in total. The van der Waals surface area contributed by atoms with Crippen LogP contribution in [0.25, 0.3) is 0 Å². The van der Waals surface area contributed by atoms with Crippen molar-refractivity contribution < 1.29 is 19.1 Å². The van der Waals surface area contributed by atoms with Gasteiger partial charge < -0.3 is 20.1 Å². The average Bonchev–Trinajstić information content (AvgIpc) is 2.87. The van der Waals surface area contributed by atoms with Crippen LogP contribution in [0.15, 0.2) is 48.5 Å². The summed E-state index contributed by atoms with van der Waals surface area (Å²) in [6.45, 7) is 7.70. The normalized spacial score (nSPS) is 11.5. The molecule has 0 aromatic heterocycles. The van der Waals surface area contributed by atoms with Gasteiger partial charge in [-0.2, -0.15) is 0 Å². The fraction of sp³-hybridized carbons (Fsp3) is 0.517. The summed E-state index contributed by atoms with van der Waals surface area (Å²) in [5.74, 6) is 0.740. The van der Waals surface area contributed by atoms with E-state index in [4.69, 9.17) is 9.47 Å². The lowest BCUT2D eigenvalue weighted by molar-refractivity contribution is 0.0907. The van der Waals surface area contributed by atoms with Crippen LogP contribution in [0.3, 0.4) is 0 Å². The van der Waals surface area contributed by atoms with Gasteiger partial charge in [-0.1, -0.05) is 76.6 Å². The molecular formula is C29H42N2O4. The van der Waals surface area contributed by atoms with Crippen molar-refractivity contribution in [2.24, 2.45) is 0 Å². The molecule has 192 valence electrons. The van der Waals surface area contributed by atoms with E-state index in [2.05, 4.69) is 24.5 Å². The molecule has 0 bridgehead atoms. The van der Waals surface area contributed by atoms with Crippen molar-refractivity contribution in [1.29, 1.82) is 0 Å². The SMILES string of the molecule is CCCCCCOc1ccccc1C(=O)NCC(C)NC(=O)c1ccccc1OCCCCCC. The summed E-state index contributed by atoms with van der Waals surface area (Å²) >= 11 is 0. The fourth-order valence-electron chi connectivity index (χ4n) is 3.68. The maximum Gasteiger partial charge on any atom is 0.255 e. The van der Waals surface area contributed by atoms with Crippen LogP contribution >= 0.6 is 0 Å². The summed E-state index contributed by atoms with van der Waals surface area (Å²) in [4.78, 5) is 25.6. The number of benzene rings is 2. The van der Waals surface area contributed by atoms with Crippen molar-refractivity contribution in [2.45, 2.75) is 78.2 Å². The van der Waals surface area contributed by atoms with Crippen LogP contribution in [0.4, 0.5) is 0 Å². The molecule has 0 aliphatic rings. The largest absolute Gasteiger partial charge is 0.493 e. The molecule has 0 saturated heterocycles. The highest BCUT2D eigenvalue weighted by molar-refractivity contribution is 5.98. The van der Waals surface area contributed by atoms with Crippen LogP contribution in [0.5, 0.6) is 11.5 Å². The summed E-state index contributed by atoms with van der Waals surface area (Å²) < 4.78 is 11.7. The van der Waals surface area contributed by atoms with Gasteiger partial charge in [0.25, 0.3) is 11.8 Å². The molecule has 2 aromatic carbocycles. The van der Waals surface area contributed by atoms with Crippen molar-refractivity contribution in [2.75, 3.05) is 19.8 Å². The lowest BCUT2D eigenvalue weighted by Gasteiger charge is -2.17. The molecule has 2 rings (SSSR count). The Morgan fingerprint density at radius 1 is 0.714 bits per heavy atom. The zero-order valence-corrected chi connectivity index (χ0v) is 21.6. The highest BCUT2D eigenvalue weighted by atomic mass is 16.5. The molecule has 0 aliphatic carbocycles. The summed E-state index contributed by atoms with van der Waals surface area (Å²) in [6, 6.07) is 14.3. The van der Waals surface area contributed by atoms with Crippen LogP contribution in [0, 0.1) is 0 Å². The van der Waals surface area contributed by atoms with Gasteiger partial charge >= 0.3 is 0 Å². The number of nitrogens with one attached hydrogen (secondary N) is 2. The Morgan fingerprint density at radius 2 is 1.20 bits per heavy atom. The number of hydrogen-bond donors (Lipinski definition) is 2. The van der Waals surface area contributed by atoms with Crippen molar-refractivity contribution in [3.8, 4) is 11.5 Å². The van der Waals surface area contributed by atoms with Crippen LogP contribution in [-0.4, -0.2) is 37.6 Å². The Kier molecular flexibility index (Phi) is 13.4. The van der Waals surface area contributed by atoms with Gasteiger partial charge in [-0.25, -0.2) is 0 Å². The third-order valence-corrected chi connectivity index (χ3v) is 5.72. The lowest BCUT2D eigenvalue weighted by Crippen LogP contribution is -2.42. The minimum Gasteiger partial charge on any atom is -0.493 e. The minimum absolute atomic E-state index is 0.216. The molecule has 1 unspecified atom stereocenters. The molecule has 0 saturated carbocycles. The predicted molar refractivity (Wildman–Crippen MR) is 141 cm³/mol. The van der Waals surface area contributed by atoms with E-state index in [0.29, 0.717) is 42.4 Å². The van der Waals surface area contributed by atoms with Gasteiger partial charge in [-0.3, -0.25) is 9.59 Å². The molecule has 2 amide bonds. The zero-order valence-electron chi connectivity index (χ0n) is 21.6. The van der Waals surface area contributed by atoms with E-state index in [9.17, 15) is 9.59 Å². The zero-order chi connectivity index (χ0) is 25.3. The maximum atomic E-state index is 12.8. The number of hydrogen-bond acceptors (Lipinski definition) is 4. The molecule has 6 nitrogen and oxygen atoms in total. The highest BCUT2D eigenvalue weighted by Crippen LogP contribution is 2.20. The molecular weight excluding hydrogens is 440 g/mol.